The van der Waals surface area contributed by atoms with Crippen molar-refractivity contribution in [2.24, 2.45) is 0 Å². The Kier molecular flexibility index (Phi) is 92.1. The van der Waals surface area contributed by atoms with Crippen LogP contribution in [-0.2, 0) is 0 Å². The molecule has 24 heavy (non-hydrogen) atoms. The predicted molar refractivity (Wildman–Crippen MR) is 123 cm³/mol. The monoisotopic (exact) mass is 338 g/mol. The molecule has 0 saturated heterocycles. The lowest BCUT2D eigenvalue weighted by Crippen LogP contribution is -1.82. The SMILES string of the molecule is C=C/C=C(\C=C/C)C/C(C=C)=C/CC.CC.CC.CC.CC.CC. The quantitative estimate of drug-likeness (QED) is 0.423. The molecule has 0 amide bonds. The second-order valence-electron chi connectivity index (χ2n) is 3.05. The van der Waals surface area contributed by atoms with Gasteiger partial charge in [-0.1, -0.05) is 126 Å². The molecule has 146 valence electrons. The van der Waals surface area contributed by atoms with Crippen molar-refractivity contribution >= 4 is 0 Å². The largest absolute Gasteiger partial charge is 0.0991 e. The molecule has 0 rings (SSSR count). The van der Waals surface area contributed by atoms with Crippen LogP contribution in [0.25, 0.3) is 0 Å². The molecular formula is C24H50. The minimum absolute atomic E-state index is 0.938. The fourth-order valence-electron chi connectivity index (χ4n) is 1.26. The van der Waals surface area contributed by atoms with Crippen LogP contribution in [0.4, 0.5) is 0 Å². The van der Waals surface area contributed by atoms with Gasteiger partial charge in [-0.3, -0.25) is 0 Å². The Morgan fingerprint density at radius 1 is 0.750 bits per heavy atom. The molecule has 0 radical (unpaired) electrons. The lowest BCUT2D eigenvalue weighted by molar-refractivity contribution is 1.13. The van der Waals surface area contributed by atoms with E-state index in [1.165, 1.54) is 11.1 Å². The Morgan fingerprint density at radius 3 is 1.42 bits per heavy atom. The van der Waals surface area contributed by atoms with Crippen molar-refractivity contribution in [3.8, 4) is 0 Å². The second-order valence-corrected chi connectivity index (χ2v) is 3.05. The first-order valence-corrected chi connectivity index (χ1v) is 10.0. The van der Waals surface area contributed by atoms with Gasteiger partial charge >= 0.3 is 0 Å². The van der Waals surface area contributed by atoms with E-state index in [-0.39, 0.29) is 0 Å². The molecule has 0 nitrogen and oxygen atoms in total. The van der Waals surface area contributed by atoms with Crippen molar-refractivity contribution in [2.75, 3.05) is 0 Å². The van der Waals surface area contributed by atoms with E-state index in [2.05, 4.69) is 32.2 Å². The summed E-state index contributed by atoms with van der Waals surface area (Å²) in [6, 6.07) is 0. The summed E-state index contributed by atoms with van der Waals surface area (Å²) in [6.07, 6.45) is 14.1. The van der Waals surface area contributed by atoms with Crippen LogP contribution in [0.1, 0.15) is 95.9 Å². The number of allylic oxidation sites excluding steroid dienone is 8. The summed E-state index contributed by atoms with van der Waals surface area (Å²) in [4.78, 5) is 0. The van der Waals surface area contributed by atoms with Gasteiger partial charge in [-0.2, -0.15) is 0 Å². The maximum Gasteiger partial charge on any atom is -0.00293 e. The lowest BCUT2D eigenvalue weighted by Gasteiger charge is -2.02. The topological polar surface area (TPSA) is 0 Å². The highest BCUT2D eigenvalue weighted by molar-refractivity contribution is 5.31. The third-order valence-electron chi connectivity index (χ3n) is 1.85. The van der Waals surface area contributed by atoms with Crippen LogP contribution < -0.4 is 0 Å². The molecule has 0 aliphatic rings. The standard InChI is InChI=1S/C14H20.5C2H6/c1-5-9-13(8-4)12-14(10-6-2)11-7-3;5*1-2/h6-11H,2,4-5,12H2,1,3H3;5*1-2H3/b11-7-,13-9+,14-10+;;;;;. The van der Waals surface area contributed by atoms with E-state index in [4.69, 9.17) is 0 Å². The van der Waals surface area contributed by atoms with Gasteiger partial charge in [-0.25, -0.2) is 0 Å². The molecule has 0 N–H and O–H groups in total. The Labute approximate surface area is 157 Å². The number of rotatable bonds is 6. The van der Waals surface area contributed by atoms with Gasteiger partial charge in [0, 0.05) is 0 Å². The fourth-order valence-corrected chi connectivity index (χ4v) is 1.26. The summed E-state index contributed by atoms with van der Waals surface area (Å²) < 4.78 is 0. The average molecular weight is 339 g/mol. The van der Waals surface area contributed by atoms with E-state index < -0.39 is 0 Å². The first-order valence-electron chi connectivity index (χ1n) is 10.0. The van der Waals surface area contributed by atoms with Crippen molar-refractivity contribution < 1.29 is 0 Å². The van der Waals surface area contributed by atoms with Gasteiger partial charge in [0.25, 0.3) is 0 Å². The third-order valence-corrected chi connectivity index (χ3v) is 1.85. The maximum absolute atomic E-state index is 3.81. The molecule has 0 fully saturated rings. The molecule has 0 saturated carbocycles. The molecule has 0 heteroatoms. The maximum atomic E-state index is 3.81. The van der Waals surface area contributed by atoms with E-state index in [0.29, 0.717) is 0 Å². The molecule has 0 bridgehead atoms. The highest BCUT2D eigenvalue weighted by Crippen LogP contribution is 2.14. The molecule has 0 spiro atoms. The van der Waals surface area contributed by atoms with Crippen LogP contribution in [0, 0.1) is 0 Å². The van der Waals surface area contributed by atoms with Gasteiger partial charge in [0.15, 0.2) is 0 Å². The number of hydrogen-bond donors (Lipinski definition) is 0. The fraction of sp³-hybridized carbons (Fsp3) is 0.583. The Balaban J connectivity index is -0.0000000687. The smallest absolute Gasteiger partial charge is 0.00293 e. The van der Waals surface area contributed by atoms with E-state index in [9.17, 15) is 0 Å². The zero-order valence-corrected chi connectivity index (χ0v) is 19.3. The van der Waals surface area contributed by atoms with Crippen LogP contribution in [0.15, 0.2) is 60.8 Å². The van der Waals surface area contributed by atoms with Gasteiger partial charge in [0.1, 0.15) is 0 Å². The van der Waals surface area contributed by atoms with Crippen LogP contribution in [0.3, 0.4) is 0 Å². The van der Waals surface area contributed by atoms with Gasteiger partial charge in [0.2, 0.25) is 0 Å². The first kappa shape index (κ1) is 38.3. The second kappa shape index (κ2) is 57.6. The zero-order chi connectivity index (χ0) is 20.8. The summed E-state index contributed by atoms with van der Waals surface area (Å²) in [5, 5.41) is 0. The van der Waals surface area contributed by atoms with E-state index >= 15 is 0 Å². The van der Waals surface area contributed by atoms with Gasteiger partial charge < -0.3 is 0 Å². The first-order chi connectivity index (χ1) is 11.8. The minimum atomic E-state index is 0.938. The molecule has 0 aliphatic carbocycles. The molecular weight excluding hydrogens is 288 g/mol. The normalized spacial score (nSPS) is 9.00. The summed E-state index contributed by atoms with van der Waals surface area (Å²) in [5.74, 6) is 0. The van der Waals surface area contributed by atoms with Gasteiger partial charge in [-0.05, 0) is 30.9 Å². The van der Waals surface area contributed by atoms with E-state index in [1.54, 1.807) is 0 Å². The summed E-state index contributed by atoms with van der Waals surface area (Å²) in [6.45, 7) is 31.7. The summed E-state index contributed by atoms with van der Waals surface area (Å²) >= 11 is 0. The highest BCUT2D eigenvalue weighted by atomic mass is 14.0. The Bertz CT molecular complexity index is 262. The predicted octanol–water partition coefficient (Wildman–Crippen LogP) is 9.72. The van der Waals surface area contributed by atoms with E-state index in [0.717, 1.165) is 12.8 Å². The highest BCUT2D eigenvalue weighted by Gasteiger charge is 1.94. The molecule has 0 aromatic heterocycles. The van der Waals surface area contributed by atoms with Gasteiger partial charge in [-0.15, -0.1) is 0 Å². The van der Waals surface area contributed by atoms with Crippen LogP contribution in [0.2, 0.25) is 0 Å². The lowest BCUT2D eigenvalue weighted by atomic mass is 10.0. The molecule has 0 aliphatic heterocycles. The minimum Gasteiger partial charge on any atom is -0.0991 e. The Morgan fingerprint density at radius 2 is 1.17 bits per heavy atom. The number of hydrogen-bond acceptors (Lipinski definition) is 0. The van der Waals surface area contributed by atoms with Crippen LogP contribution in [-0.4, -0.2) is 0 Å². The Hall–Kier alpha value is -1.30. The van der Waals surface area contributed by atoms with Crippen molar-refractivity contribution in [3.05, 3.63) is 60.8 Å². The van der Waals surface area contributed by atoms with Crippen LogP contribution >= 0.6 is 0 Å². The molecule has 0 heterocycles. The van der Waals surface area contributed by atoms with E-state index in [1.807, 2.05) is 100 Å². The molecule has 0 atom stereocenters. The molecule has 0 aromatic rings. The van der Waals surface area contributed by atoms with Crippen molar-refractivity contribution in [2.45, 2.75) is 95.9 Å². The van der Waals surface area contributed by atoms with Gasteiger partial charge in [0.05, 0.1) is 0 Å². The molecule has 0 aromatic carbocycles. The summed E-state index contributed by atoms with van der Waals surface area (Å²) in [5.41, 5.74) is 2.54. The molecule has 0 unspecified atom stereocenters. The van der Waals surface area contributed by atoms with Crippen molar-refractivity contribution in [1.82, 2.24) is 0 Å². The zero-order valence-electron chi connectivity index (χ0n) is 19.3. The van der Waals surface area contributed by atoms with Crippen LogP contribution in [0.5, 0.6) is 0 Å². The summed E-state index contributed by atoms with van der Waals surface area (Å²) in [7, 11) is 0. The van der Waals surface area contributed by atoms with Crippen molar-refractivity contribution in [3.63, 3.8) is 0 Å². The van der Waals surface area contributed by atoms with Crippen molar-refractivity contribution in [1.29, 1.82) is 0 Å². The average Bonchev–Trinajstić information content (AvgIpc) is 2.69. The third kappa shape index (κ3) is 42.8.